The maximum atomic E-state index is 2.57. The lowest BCUT2D eigenvalue weighted by Crippen LogP contribution is -2.17. The van der Waals surface area contributed by atoms with E-state index in [1.54, 1.807) is 0 Å². The molecular formula is C52H49N. The first-order valence-electron chi connectivity index (χ1n) is 19.7. The van der Waals surface area contributed by atoms with E-state index in [2.05, 4.69) is 184 Å². The van der Waals surface area contributed by atoms with Crippen molar-refractivity contribution < 1.29 is 0 Å². The van der Waals surface area contributed by atoms with E-state index in [0.29, 0.717) is 11.8 Å². The van der Waals surface area contributed by atoms with Crippen LogP contribution in [0.1, 0.15) is 93.9 Å². The van der Waals surface area contributed by atoms with Gasteiger partial charge in [0.25, 0.3) is 0 Å². The van der Waals surface area contributed by atoms with Gasteiger partial charge in [-0.2, -0.15) is 0 Å². The van der Waals surface area contributed by atoms with Crippen LogP contribution < -0.4 is 4.90 Å². The highest BCUT2D eigenvalue weighted by Crippen LogP contribution is 2.54. The molecule has 0 heterocycles. The van der Waals surface area contributed by atoms with Gasteiger partial charge < -0.3 is 4.90 Å². The molecule has 0 amide bonds. The zero-order valence-electron chi connectivity index (χ0n) is 31.6. The summed E-state index contributed by atoms with van der Waals surface area (Å²) in [5, 5.41) is 2.52. The summed E-state index contributed by atoms with van der Waals surface area (Å²) in [5.41, 5.74) is 17.0. The Labute approximate surface area is 316 Å². The Morgan fingerprint density at radius 2 is 1.21 bits per heavy atom. The fourth-order valence-electron chi connectivity index (χ4n) is 9.43. The van der Waals surface area contributed by atoms with Gasteiger partial charge in [-0.05, 0) is 122 Å². The summed E-state index contributed by atoms with van der Waals surface area (Å²) < 4.78 is 0. The molecule has 2 aliphatic rings. The minimum atomic E-state index is -0.155. The molecule has 0 N–H and O–H groups in total. The summed E-state index contributed by atoms with van der Waals surface area (Å²) in [4.78, 5) is 2.57. The second kappa shape index (κ2) is 13.5. The molecule has 0 aliphatic heterocycles. The van der Waals surface area contributed by atoms with Crippen molar-refractivity contribution in [2.45, 2.75) is 77.0 Å². The molecule has 7 aromatic carbocycles. The Morgan fingerprint density at radius 3 is 2.00 bits per heavy atom. The normalized spacial score (nSPS) is 15.0. The second-order valence-corrected chi connectivity index (χ2v) is 16.2. The number of benzene rings is 7. The molecule has 1 fully saturated rings. The molecule has 1 saturated carbocycles. The lowest BCUT2D eigenvalue weighted by Gasteiger charge is -2.31. The zero-order chi connectivity index (χ0) is 36.1. The zero-order valence-corrected chi connectivity index (χ0v) is 31.6. The Hall–Kier alpha value is -5.40. The molecular weight excluding hydrogens is 639 g/mol. The lowest BCUT2D eigenvalue weighted by atomic mass is 9.81. The van der Waals surface area contributed by atoms with E-state index < -0.39 is 0 Å². The summed E-state index contributed by atoms with van der Waals surface area (Å²) in [6.07, 6.45) is 6.57. The topological polar surface area (TPSA) is 3.24 Å². The number of hydrogen-bond acceptors (Lipinski definition) is 1. The van der Waals surface area contributed by atoms with E-state index in [4.69, 9.17) is 0 Å². The summed E-state index contributed by atoms with van der Waals surface area (Å²) in [7, 11) is 0. The van der Waals surface area contributed by atoms with E-state index in [-0.39, 0.29) is 5.41 Å². The number of fused-ring (bicyclic) bond motifs is 4. The Bertz CT molecular complexity index is 2440. The molecule has 0 radical (unpaired) electrons. The standard InChI is InChI=1S/C52H49N/c1-35(2)43-25-13-14-26-45(43)47-32-39-21-11-12-22-40(39)33-50(47)53(41-24-15-23-38(31-41)36-17-7-5-8-18-36)42-29-30-46-49(34-42)52(3,4)48-28-16-27-44(51(46)48)37-19-9-6-10-20-37/h6,9-16,19-36H,5,7-8,17-18H2,1-4H3. The molecule has 0 saturated heterocycles. The minimum absolute atomic E-state index is 0.155. The molecule has 9 rings (SSSR count). The Balaban J connectivity index is 1.30. The first kappa shape index (κ1) is 33.4. The first-order valence-corrected chi connectivity index (χ1v) is 19.7. The van der Waals surface area contributed by atoms with Gasteiger partial charge in [0.2, 0.25) is 0 Å². The van der Waals surface area contributed by atoms with Crippen LogP contribution in [-0.2, 0) is 5.41 Å². The van der Waals surface area contributed by atoms with E-state index >= 15 is 0 Å². The Kier molecular flexibility index (Phi) is 8.54. The Morgan fingerprint density at radius 1 is 0.528 bits per heavy atom. The van der Waals surface area contributed by atoms with Crippen molar-refractivity contribution in [1.29, 1.82) is 0 Å². The SMILES string of the molecule is CC(C)c1ccccc1-c1cc2ccccc2cc1N(c1cccc(C2CCCCC2)c1)c1ccc2c(c1)C(C)(C)c1cccc(-c3ccccc3)c1-2. The van der Waals surface area contributed by atoms with Gasteiger partial charge in [-0.1, -0.05) is 162 Å². The number of hydrogen-bond donors (Lipinski definition) is 0. The van der Waals surface area contributed by atoms with Crippen molar-refractivity contribution in [1.82, 2.24) is 0 Å². The van der Waals surface area contributed by atoms with Crippen molar-refractivity contribution in [2.24, 2.45) is 0 Å². The monoisotopic (exact) mass is 687 g/mol. The highest BCUT2D eigenvalue weighted by atomic mass is 15.1. The van der Waals surface area contributed by atoms with Gasteiger partial charge in [0.05, 0.1) is 5.69 Å². The predicted octanol–water partition coefficient (Wildman–Crippen LogP) is 15.1. The molecule has 53 heavy (non-hydrogen) atoms. The maximum absolute atomic E-state index is 2.57. The van der Waals surface area contributed by atoms with E-state index in [0.717, 1.165) is 0 Å². The van der Waals surface area contributed by atoms with Crippen LogP contribution in [0.3, 0.4) is 0 Å². The van der Waals surface area contributed by atoms with Crippen LogP contribution >= 0.6 is 0 Å². The molecule has 0 aromatic heterocycles. The van der Waals surface area contributed by atoms with Gasteiger partial charge in [0.15, 0.2) is 0 Å². The van der Waals surface area contributed by atoms with Crippen molar-refractivity contribution in [3.8, 4) is 33.4 Å². The summed E-state index contributed by atoms with van der Waals surface area (Å²) in [5.74, 6) is 1.01. The van der Waals surface area contributed by atoms with Crippen LogP contribution in [0.5, 0.6) is 0 Å². The van der Waals surface area contributed by atoms with Gasteiger partial charge in [-0.15, -0.1) is 0 Å². The molecule has 1 nitrogen and oxygen atoms in total. The largest absolute Gasteiger partial charge is 0.310 e. The smallest absolute Gasteiger partial charge is 0.0546 e. The number of rotatable bonds is 7. The van der Waals surface area contributed by atoms with Crippen molar-refractivity contribution in [2.75, 3.05) is 4.90 Å². The molecule has 0 unspecified atom stereocenters. The molecule has 262 valence electrons. The van der Waals surface area contributed by atoms with Gasteiger partial charge in [0, 0.05) is 22.4 Å². The molecule has 1 heteroatoms. The molecule has 7 aromatic rings. The van der Waals surface area contributed by atoms with E-state index in [1.165, 1.54) is 116 Å². The highest BCUT2D eigenvalue weighted by Gasteiger charge is 2.37. The third kappa shape index (κ3) is 5.88. The third-order valence-electron chi connectivity index (χ3n) is 12.2. The quantitative estimate of drug-likeness (QED) is 0.161. The first-order chi connectivity index (χ1) is 25.9. The fraction of sp³-hybridized carbons (Fsp3) is 0.231. The maximum Gasteiger partial charge on any atom is 0.0546 e. The van der Waals surface area contributed by atoms with Crippen LogP contribution in [0.4, 0.5) is 17.1 Å². The lowest BCUT2D eigenvalue weighted by molar-refractivity contribution is 0.443. The average Bonchev–Trinajstić information content (AvgIpc) is 3.44. The van der Waals surface area contributed by atoms with E-state index in [1.807, 2.05) is 0 Å². The van der Waals surface area contributed by atoms with Gasteiger partial charge in [-0.25, -0.2) is 0 Å². The van der Waals surface area contributed by atoms with Crippen molar-refractivity contribution in [3.05, 3.63) is 174 Å². The summed E-state index contributed by atoms with van der Waals surface area (Å²) in [6, 6.07) is 57.3. The summed E-state index contributed by atoms with van der Waals surface area (Å²) in [6.45, 7) is 9.44. The van der Waals surface area contributed by atoms with Gasteiger partial charge >= 0.3 is 0 Å². The van der Waals surface area contributed by atoms with Crippen LogP contribution in [-0.4, -0.2) is 0 Å². The van der Waals surface area contributed by atoms with Crippen LogP contribution in [0.15, 0.2) is 152 Å². The second-order valence-electron chi connectivity index (χ2n) is 16.2. The molecule has 0 atom stereocenters. The minimum Gasteiger partial charge on any atom is -0.310 e. The highest BCUT2D eigenvalue weighted by molar-refractivity contribution is 6.00. The van der Waals surface area contributed by atoms with Crippen LogP contribution in [0.2, 0.25) is 0 Å². The van der Waals surface area contributed by atoms with Gasteiger partial charge in [-0.3, -0.25) is 0 Å². The number of anilines is 3. The average molecular weight is 688 g/mol. The van der Waals surface area contributed by atoms with E-state index in [9.17, 15) is 0 Å². The van der Waals surface area contributed by atoms with Crippen molar-refractivity contribution in [3.63, 3.8) is 0 Å². The molecule has 0 bridgehead atoms. The van der Waals surface area contributed by atoms with Crippen molar-refractivity contribution >= 4 is 27.8 Å². The van der Waals surface area contributed by atoms with Crippen LogP contribution in [0.25, 0.3) is 44.2 Å². The predicted molar refractivity (Wildman–Crippen MR) is 227 cm³/mol. The fourth-order valence-corrected chi connectivity index (χ4v) is 9.43. The number of nitrogens with zero attached hydrogens (tertiary/aromatic N) is 1. The van der Waals surface area contributed by atoms with Crippen LogP contribution in [0, 0.1) is 0 Å². The molecule has 0 spiro atoms. The molecule has 2 aliphatic carbocycles. The van der Waals surface area contributed by atoms with Gasteiger partial charge in [0.1, 0.15) is 0 Å². The third-order valence-corrected chi connectivity index (χ3v) is 12.2. The summed E-state index contributed by atoms with van der Waals surface area (Å²) >= 11 is 0.